The molecule has 98 valence electrons. The van der Waals surface area contributed by atoms with Crippen LogP contribution in [0.3, 0.4) is 0 Å². The highest BCUT2D eigenvalue weighted by molar-refractivity contribution is 8.03. The molecule has 1 aromatic rings. The van der Waals surface area contributed by atoms with Crippen LogP contribution in [0.4, 0.5) is 0 Å². The molecule has 0 aliphatic heterocycles. The van der Waals surface area contributed by atoms with Crippen molar-refractivity contribution in [3.05, 3.63) is 0 Å². The van der Waals surface area contributed by atoms with Gasteiger partial charge in [-0.1, -0.05) is 47.7 Å². The zero-order valence-corrected chi connectivity index (χ0v) is 12.8. The smallest absolute Gasteiger partial charge is 0.230 e. The van der Waals surface area contributed by atoms with E-state index in [0.717, 1.165) is 27.4 Å². The van der Waals surface area contributed by atoms with E-state index in [0.29, 0.717) is 5.75 Å². The second-order valence-electron chi connectivity index (χ2n) is 3.19. The van der Waals surface area contributed by atoms with Gasteiger partial charge in [0, 0.05) is 6.54 Å². The molecule has 1 heterocycles. The number of thioether (sulfide) groups is 2. The fraction of sp³-hybridized carbons (Fsp3) is 0.545. The predicted molar refractivity (Wildman–Crippen MR) is 78.1 cm³/mol. The van der Waals surface area contributed by atoms with Gasteiger partial charge in [-0.25, -0.2) is 0 Å². The Balaban J connectivity index is 2.29. The highest BCUT2D eigenvalue weighted by Gasteiger charge is 2.07. The van der Waals surface area contributed by atoms with Crippen LogP contribution in [0, 0.1) is 11.8 Å². The first-order valence-corrected chi connectivity index (χ1v) is 8.30. The molecule has 7 heteroatoms. The zero-order chi connectivity index (χ0) is 13.2. The van der Waals surface area contributed by atoms with E-state index in [9.17, 15) is 4.79 Å². The molecule has 0 spiro atoms. The van der Waals surface area contributed by atoms with Crippen molar-refractivity contribution >= 4 is 40.8 Å². The minimum Gasteiger partial charge on any atom is -0.355 e. The average Bonchev–Trinajstić information content (AvgIpc) is 2.82. The monoisotopic (exact) mass is 301 g/mol. The van der Waals surface area contributed by atoms with Crippen molar-refractivity contribution in [1.29, 1.82) is 0 Å². The number of nitrogens with zero attached hydrogens (tertiary/aromatic N) is 2. The van der Waals surface area contributed by atoms with E-state index in [1.807, 2.05) is 13.8 Å². The highest BCUT2D eigenvalue weighted by atomic mass is 32.2. The molecule has 18 heavy (non-hydrogen) atoms. The average molecular weight is 301 g/mol. The van der Waals surface area contributed by atoms with Crippen molar-refractivity contribution in [2.75, 3.05) is 18.1 Å². The van der Waals surface area contributed by atoms with Crippen molar-refractivity contribution in [2.45, 2.75) is 28.9 Å². The third-order valence-electron chi connectivity index (χ3n) is 1.73. The Bertz CT molecular complexity index is 436. The van der Waals surface area contributed by atoms with Crippen LogP contribution in [0.1, 0.15) is 20.3 Å². The van der Waals surface area contributed by atoms with Crippen molar-refractivity contribution in [1.82, 2.24) is 15.5 Å². The van der Waals surface area contributed by atoms with Gasteiger partial charge in [0.2, 0.25) is 5.91 Å². The summed E-state index contributed by atoms with van der Waals surface area (Å²) >= 11 is 4.50. The molecule has 1 aromatic heterocycles. The molecule has 0 aliphatic carbocycles. The van der Waals surface area contributed by atoms with Gasteiger partial charge in [-0.15, -0.1) is 16.1 Å². The van der Waals surface area contributed by atoms with Crippen LogP contribution >= 0.6 is 34.9 Å². The molecule has 0 radical (unpaired) electrons. The molecule has 1 N–H and O–H groups in total. The summed E-state index contributed by atoms with van der Waals surface area (Å²) in [5.41, 5.74) is 0. The lowest BCUT2D eigenvalue weighted by Gasteiger charge is -2.00. The maximum Gasteiger partial charge on any atom is 0.230 e. The minimum atomic E-state index is 0.0445. The Morgan fingerprint density at radius 2 is 2.11 bits per heavy atom. The number of aromatic nitrogens is 2. The van der Waals surface area contributed by atoms with E-state index in [1.54, 1.807) is 11.8 Å². The standard InChI is InChI=1S/C11H15N3OS3/c1-3-5-7-16-10-13-14-11(18-10)17-8-9(15)12-6-4-2/h4,6-8H2,1-2H3,(H,12,15). The molecule has 1 rings (SSSR count). The zero-order valence-electron chi connectivity index (χ0n) is 10.4. The number of hydrogen-bond acceptors (Lipinski definition) is 6. The van der Waals surface area contributed by atoms with Gasteiger partial charge in [-0.2, -0.15) is 0 Å². The van der Waals surface area contributed by atoms with Crippen molar-refractivity contribution in [3.8, 4) is 11.8 Å². The van der Waals surface area contributed by atoms with Crippen LogP contribution < -0.4 is 5.32 Å². The molecule has 0 saturated heterocycles. The Morgan fingerprint density at radius 3 is 2.78 bits per heavy atom. The summed E-state index contributed by atoms with van der Waals surface area (Å²) in [5.74, 6) is 6.96. The molecule has 1 amide bonds. The summed E-state index contributed by atoms with van der Waals surface area (Å²) in [6, 6.07) is 0. The maximum absolute atomic E-state index is 11.4. The van der Waals surface area contributed by atoms with Gasteiger partial charge in [0.15, 0.2) is 8.68 Å². The van der Waals surface area contributed by atoms with Gasteiger partial charge >= 0.3 is 0 Å². The van der Waals surface area contributed by atoms with Crippen LogP contribution in [0.25, 0.3) is 0 Å². The summed E-state index contributed by atoms with van der Waals surface area (Å²) in [6.07, 6.45) is 0.953. The summed E-state index contributed by atoms with van der Waals surface area (Å²) in [4.78, 5) is 11.4. The molecule has 0 fully saturated rings. The van der Waals surface area contributed by atoms with Crippen LogP contribution in [-0.2, 0) is 4.79 Å². The molecular formula is C11H15N3OS3. The number of nitrogens with one attached hydrogen (secondary N) is 1. The van der Waals surface area contributed by atoms with E-state index >= 15 is 0 Å². The number of amides is 1. The largest absolute Gasteiger partial charge is 0.355 e. The number of carbonyl (C=O) groups is 1. The van der Waals surface area contributed by atoms with Gasteiger partial charge in [-0.05, 0) is 13.3 Å². The number of carbonyl (C=O) groups excluding carboxylic acids is 1. The molecule has 4 nitrogen and oxygen atoms in total. The highest BCUT2D eigenvalue weighted by Crippen LogP contribution is 2.28. The SMILES string of the molecule is CC#CCSc1nnc(SCC(=O)NCCC)s1. The summed E-state index contributed by atoms with van der Waals surface area (Å²) in [6.45, 7) is 4.57. The first kappa shape index (κ1) is 15.3. The fourth-order valence-electron chi connectivity index (χ4n) is 0.927. The van der Waals surface area contributed by atoms with Crippen LogP contribution in [0.5, 0.6) is 0 Å². The molecule has 0 bridgehead atoms. The van der Waals surface area contributed by atoms with Crippen LogP contribution in [0.15, 0.2) is 8.68 Å². The molecule has 0 saturated carbocycles. The van der Waals surface area contributed by atoms with E-state index in [1.165, 1.54) is 23.1 Å². The fourth-order valence-corrected chi connectivity index (χ4v) is 3.59. The lowest BCUT2D eigenvalue weighted by Crippen LogP contribution is -2.25. The summed E-state index contributed by atoms with van der Waals surface area (Å²) < 4.78 is 1.72. The van der Waals surface area contributed by atoms with Crippen molar-refractivity contribution in [3.63, 3.8) is 0 Å². The van der Waals surface area contributed by atoms with Crippen LogP contribution in [0.2, 0.25) is 0 Å². The van der Waals surface area contributed by atoms with E-state index < -0.39 is 0 Å². The van der Waals surface area contributed by atoms with Gasteiger partial charge in [0.1, 0.15) is 0 Å². The lowest BCUT2D eigenvalue weighted by atomic mass is 10.5. The van der Waals surface area contributed by atoms with E-state index in [-0.39, 0.29) is 5.91 Å². The Kier molecular flexibility index (Phi) is 7.89. The minimum absolute atomic E-state index is 0.0445. The van der Waals surface area contributed by atoms with E-state index in [2.05, 4.69) is 27.4 Å². The topological polar surface area (TPSA) is 54.9 Å². The lowest BCUT2D eigenvalue weighted by molar-refractivity contribution is -0.118. The third kappa shape index (κ3) is 6.28. The molecule has 0 unspecified atom stereocenters. The van der Waals surface area contributed by atoms with Crippen molar-refractivity contribution < 1.29 is 4.79 Å². The third-order valence-corrected chi connectivity index (χ3v) is 4.80. The van der Waals surface area contributed by atoms with Gasteiger partial charge in [0.25, 0.3) is 0 Å². The first-order valence-electron chi connectivity index (χ1n) is 5.51. The summed E-state index contributed by atoms with van der Waals surface area (Å²) in [5, 5.41) is 10.9. The second kappa shape index (κ2) is 9.25. The van der Waals surface area contributed by atoms with Crippen molar-refractivity contribution in [2.24, 2.45) is 0 Å². The van der Waals surface area contributed by atoms with Gasteiger partial charge in [0.05, 0.1) is 11.5 Å². The Morgan fingerprint density at radius 1 is 1.39 bits per heavy atom. The molecule has 0 atom stereocenters. The number of rotatable bonds is 7. The predicted octanol–water partition coefficient (Wildman–Crippen LogP) is 2.27. The Hall–Kier alpha value is -0.710. The van der Waals surface area contributed by atoms with Crippen LogP contribution in [-0.4, -0.2) is 34.2 Å². The molecule has 0 aromatic carbocycles. The Labute approximate surface area is 120 Å². The van der Waals surface area contributed by atoms with E-state index in [4.69, 9.17) is 0 Å². The number of hydrogen-bond donors (Lipinski definition) is 1. The maximum atomic E-state index is 11.4. The second-order valence-corrected chi connectivity index (χ2v) is 6.61. The van der Waals surface area contributed by atoms with Gasteiger partial charge in [-0.3, -0.25) is 4.79 Å². The first-order chi connectivity index (χ1) is 8.76. The molecular weight excluding hydrogens is 286 g/mol. The molecule has 0 aliphatic rings. The quantitative estimate of drug-likeness (QED) is 0.618. The summed E-state index contributed by atoms with van der Waals surface area (Å²) in [7, 11) is 0. The normalized spacial score (nSPS) is 9.67. The van der Waals surface area contributed by atoms with Gasteiger partial charge < -0.3 is 5.32 Å².